The van der Waals surface area contributed by atoms with E-state index in [1.54, 1.807) is 12.7 Å². The average Bonchev–Trinajstić information content (AvgIpc) is 2.69. The standard InChI is InChI=1S/C14H19NO/c1-16-12-2-3-13-11(10-12)4-5-14(13)6-8-15-9-7-14/h2-3,10,15H,4-9H2,1H3. The molecule has 1 aliphatic carbocycles. The number of hydrogen-bond acceptors (Lipinski definition) is 2. The Kier molecular flexibility index (Phi) is 2.40. The van der Waals surface area contributed by atoms with Gasteiger partial charge in [0, 0.05) is 0 Å². The minimum Gasteiger partial charge on any atom is -0.497 e. The first kappa shape index (κ1) is 10.2. The second-order valence-corrected chi connectivity index (χ2v) is 5.05. The van der Waals surface area contributed by atoms with Gasteiger partial charge in [0.2, 0.25) is 0 Å². The molecule has 1 fully saturated rings. The van der Waals surface area contributed by atoms with E-state index in [1.165, 1.54) is 44.3 Å². The Labute approximate surface area is 97.0 Å². The minimum absolute atomic E-state index is 0.479. The summed E-state index contributed by atoms with van der Waals surface area (Å²) in [7, 11) is 1.75. The predicted octanol–water partition coefficient (Wildman–Crippen LogP) is 2.26. The van der Waals surface area contributed by atoms with Crippen molar-refractivity contribution >= 4 is 0 Å². The molecule has 1 saturated heterocycles. The second-order valence-electron chi connectivity index (χ2n) is 5.05. The molecule has 0 amide bonds. The van der Waals surface area contributed by atoms with Crippen molar-refractivity contribution < 1.29 is 4.74 Å². The van der Waals surface area contributed by atoms with Crippen molar-refractivity contribution in [3.05, 3.63) is 29.3 Å². The van der Waals surface area contributed by atoms with Crippen LogP contribution in [0.25, 0.3) is 0 Å². The maximum Gasteiger partial charge on any atom is 0.119 e. The second kappa shape index (κ2) is 3.77. The van der Waals surface area contributed by atoms with E-state index in [-0.39, 0.29) is 0 Å². The molecule has 0 atom stereocenters. The molecule has 0 radical (unpaired) electrons. The minimum atomic E-state index is 0.479. The maximum atomic E-state index is 5.30. The number of nitrogens with one attached hydrogen (secondary N) is 1. The van der Waals surface area contributed by atoms with Crippen LogP contribution in [0.15, 0.2) is 18.2 Å². The van der Waals surface area contributed by atoms with Crippen LogP contribution in [0.5, 0.6) is 5.75 Å². The van der Waals surface area contributed by atoms with Gasteiger partial charge in [-0.2, -0.15) is 0 Å². The van der Waals surface area contributed by atoms with Gasteiger partial charge in [-0.1, -0.05) is 6.07 Å². The van der Waals surface area contributed by atoms with Crippen LogP contribution < -0.4 is 10.1 Å². The van der Waals surface area contributed by atoms with Crippen LogP contribution in [0.1, 0.15) is 30.4 Å². The summed E-state index contributed by atoms with van der Waals surface area (Å²) in [6, 6.07) is 6.65. The van der Waals surface area contributed by atoms with Crippen molar-refractivity contribution in [3.8, 4) is 5.75 Å². The van der Waals surface area contributed by atoms with Crippen LogP contribution in [-0.2, 0) is 11.8 Å². The van der Waals surface area contributed by atoms with Crippen molar-refractivity contribution in [3.63, 3.8) is 0 Å². The zero-order chi connectivity index (χ0) is 11.0. The molecular formula is C14H19NO. The van der Waals surface area contributed by atoms with Crippen LogP contribution >= 0.6 is 0 Å². The van der Waals surface area contributed by atoms with Crippen LogP contribution in [0.3, 0.4) is 0 Å². The van der Waals surface area contributed by atoms with E-state index in [2.05, 4.69) is 23.5 Å². The summed E-state index contributed by atoms with van der Waals surface area (Å²) in [5, 5.41) is 3.46. The van der Waals surface area contributed by atoms with E-state index in [1.807, 2.05) is 0 Å². The number of methoxy groups -OCH3 is 1. The Morgan fingerprint density at radius 2 is 2.00 bits per heavy atom. The summed E-state index contributed by atoms with van der Waals surface area (Å²) >= 11 is 0. The molecule has 1 aliphatic heterocycles. The van der Waals surface area contributed by atoms with E-state index in [4.69, 9.17) is 4.74 Å². The monoisotopic (exact) mass is 217 g/mol. The molecule has 1 N–H and O–H groups in total. The lowest BCUT2D eigenvalue weighted by atomic mass is 9.74. The van der Waals surface area contributed by atoms with Gasteiger partial charge in [0.05, 0.1) is 7.11 Å². The summed E-state index contributed by atoms with van der Waals surface area (Å²) in [5.74, 6) is 1.00. The van der Waals surface area contributed by atoms with Gasteiger partial charge in [0.1, 0.15) is 5.75 Å². The van der Waals surface area contributed by atoms with Gasteiger partial charge >= 0.3 is 0 Å². The van der Waals surface area contributed by atoms with Crippen molar-refractivity contribution in [2.75, 3.05) is 20.2 Å². The molecule has 1 heterocycles. The highest BCUT2D eigenvalue weighted by Crippen LogP contribution is 2.45. The quantitative estimate of drug-likeness (QED) is 0.779. The summed E-state index contributed by atoms with van der Waals surface area (Å²) < 4.78 is 5.30. The highest BCUT2D eigenvalue weighted by Gasteiger charge is 2.39. The molecule has 0 aromatic heterocycles. The molecule has 3 rings (SSSR count). The fraction of sp³-hybridized carbons (Fsp3) is 0.571. The van der Waals surface area contributed by atoms with Gasteiger partial charge < -0.3 is 10.1 Å². The Balaban J connectivity index is 1.98. The van der Waals surface area contributed by atoms with E-state index < -0.39 is 0 Å². The van der Waals surface area contributed by atoms with Gasteiger partial charge in [-0.15, -0.1) is 0 Å². The lowest BCUT2D eigenvalue weighted by Gasteiger charge is -2.35. The molecule has 1 aromatic carbocycles. The number of benzene rings is 1. The first-order chi connectivity index (χ1) is 7.84. The van der Waals surface area contributed by atoms with Gasteiger partial charge in [-0.25, -0.2) is 0 Å². The number of rotatable bonds is 1. The van der Waals surface area contributed by atoms with E-state index in [0.29, 0.717) is 5.41 Å². The average molecular weight is 217 g/mol. The van der Waals surface area contributed by atoms with Crippen LogP contribution in [0.4, 0.5) is 0 Å². The molecule has 1 aromatic rings. The first-order valence-electron chi connectivity index (χ1n) is 6.22. The third-order valence-electron chi connectivity index (χ3n) is 4.32. The van der Waals surface area contributed by atoms with Gasteiger partial charge in [0.15, 0.2) is 0 Å². The van der Waals surface area contributed by atoms with E-state index >= 15 is 0 Å². The summed E-state index contributed by atoms with van der Waals surface area (Å²) in [5.41, 5.74) is 3.59. The van der Waals surface area contributed by atoms with Crippen LogP contribution in [-0.4, -0.2) is 20.2 Å². The maximum absolute atomic E-state index is 5.30. The number of ether oxygens (including phenoxy) is 1. The van der Waals surface area contributed by atoms with Gasteiger partial charge in [-0.05, 0) is 67.4 Å². The smallest absolute Gasteiger partial charge is 0.119 e. The molecule has 0 unspecified atom stereocenters. The molecular weight excluding hydrogens is 198 g/mol. The number of aryl methyl sites for hydroxylation is 1. The molecule has 1 spiro atoms. The Hall–Kier alpha value is -1.02. The van der Waals surface area contributed by atoms with Gasteiger partial charge in [0.25, 0.3) is 0 Å². The topological polar surface area (TPSA) is 21.3 Å². The third kappa shape index (κ3) is 1.44. The number of fused-ring (bicyclic) bond motifs is 2. The largest absolute Gasteiger partial charge is 0.497 e. The fourth-order valence-electron chi connectivity index (χ4n) is 3.35. The zero-order valence-corrected chi connectivity index (χ0v) is 9.88. The van der Waals surface area contributed by atoms with Crippen LogP contribution in [0.2, 0.25) is 0 Å². The highest BCUT2D eigenvalue weighted by atomic mass is 16.5. The SMILES string of the molecule is COc1ccc2c(c1)CCC21CCNCC1. The van der Waals surface area contributed by atoms with Gasteiger partial charge in [-0.3, -0.25) is 0 Å². The Morgan fingerprint density at radius 3 is 2.75 bits per heavy atom. The molecule has 86 valence electrons. The van der Waals surface area contributed by atoms with Crippen molar-refractivity contribution in [1.29, 1.82) is 0 Å². The lowest BCUT2D eigenvalue weighted by Crippen LogP contribution is -2.38. The molecule has 2 heteroatoms. The van der Waals surface area contributed by atoms with Crippen LogP contribution in [0, 0.1) is 0 Å². The summed E-state index contributed by atoms with van der Waals surface area (Å²) in [6.07, 6.45) is 5.16. The highest BCUT2D eigenvalue weighted by molar-refractivity contribution is 5.44. The van der Waals surface area contributed by atoms with E-state index in [9.17, 15) is 0 Å². The molecule has 16 heavy (non-hydrogen) atoms. The molecule has 2 nitrogen and oxygen atoms in total. The fourth-order valence-corrected chi connectivity index (χ4v) is 3.35. The van der Waals surface area contributed by atoms with Crippen molar-refractivity contribution in [2.45, 2.75) is 31.1 Å². The zero-order valence-electron chi connectivity index (χ0n) is 9.88. The first-order valence-corrected chi connectivity index (χ1v) is 6.22. The normalized spacial score (nSPS) is 22.1. The Morgan fingerprint density at radius 1 is 1.19 bits per heavy atom. The summed E-state index contributed by atoms with van der Waals surface area (Å²) in [4.78, 5) is 0. The molecule has 2 aliphatic rings. The number of hydrogen-bond donors (Lipinski definition) is 1. The summed E-state index contributed by atoms with van der Waals surface area (Å²) in [6.45, 7) is 2.34. The molecule has 0 bridgehead atoms. The van der Waals surface area contributed by atoms with E-state index in [0.717, 1.165) is 5.75 Å². The number of piperidine rings is 1. The third-order valence-corrected chi connectivity index (χ3v) is 4.32. The predicted molar refractivity (Wildman–Crippen MR) is 65.1 cm³/mol. The Bertz CT molecular complexity index is 394. The van der Waals surface area contributed by atoms with Crippen molar-refractivity contribution in [1.82, 2.24) is 5.32 Å². The lowest BCUT2D eigenvalue weighted by molar-refractivity contribution is 0.306. The molecule has 0 saturated carbocycles. The van der Waals surface area contributed by atoms with Crippen molar-refractivity contribution in [2.24, 2.45) is 0 Å².